The third kappa shape index (κ3) is 2.55. The highest BCUT2D eigenvalue weighted by atomic mass is 16.5. The number of aliphatic hydroxyl groups excluding tert-OH is 1. The van der Waals surface area contributed by atoms with Crippen molar-refractivity contribution in [3.63, 3.8) is 0 Å². The van der Waals surface area contributed by atoms with Gasteiger partial charge in [0.25, 0.3) is 0 Å². The average molecular weight is 265 g/mol. The van der Waals surface area contributed by atoms with E-state index in [4.69, 9.17) is 15.2 Å². The zero-order valence-electron chi connectivity index (χ0n) is 12.1. The van der Waals surface area contributed by atoms with Gasteiger partial charge in [-0.05, 0) is 19.1 Å². The number of benzene rings is 1. The van der Waals surface area contributed by atoms with Gasteiger partial charge in [-0.2, -0.15) is 0 Å². The summed E-state index contributed by atoms with van der Waals surface area (Å²) in [5.41, 5.74) is 7.20. The Kier molecular flexibility index (Phi) is 3.74. The molecule has 1 aliphatic heterocycles. The van der Waals surface area contributed by atoms with Gasteiger partial charge < -0.3 is 20.3 Å². The minimum absolute atomic E-state index is 0.176. The summed E-state index contributed by atoms with van der Waals surface area (Å²) in [6.45, 7) is 6.31. The number of hydrogen-bond acceptors (Lipinski definition) is 4. The summed E-state index contributed by atoms with van der Waals surface area (Å²) in [4.78, 5) is 0. The average Bonchev–Trinajstić information content (AvgIpc) is 2.75. The summed E-state index contributed by atoms with van der Waals surface area (Å²) in [5, 5.41) is 10.5. The molecule has 0 saturated heterocycles. The molecule has 0 aromatic heterocycles. The molecule has 0 bridgehead atoms. The van der Waals surface area contributed by atoms with Crippen molar-refractivity contribution >= 4 is 0 Å². The molecule has 106 valence electrons. The highest BCUT2D eigenvalue weighted by molar-refractivity contribution is 5.50. The largest absolute Gasteiger partial charge is 0.496 e. The van der Waals surface area contributed by atoms with Gasteiger partial charge in [0.05, 0.1) is 13.2 Å². The fourth-order valence-electron chi connectivity index (χ4n) is 2.38. The van der Waals surface area contributed by atoms with Crippen LogP contribution in [0, 0.1) is 5.41 Å². The number of nitrogens with two attached hydrogens (primary N) is 1. The van der Waals surface area contributed by atoms with Crippen molar-refractivity contribution < 1.29 is 14.6 Å². The smallest absolute Gasteiger partial charge is 0.125 e. The molecule has 4 nitrogen and oxygen atoms in total. The molecule has 0 spiro atoms. The minimum Gasteiger partial charge on any atom is -0.496 e. The van der Waals surface area contributed by atoms with Crippen LogP contribution in [0.4, 0.5) is 0 Å². The molecule has 0 radical (unpaired) electrons. The van der Waals surface area contributed by atoms with Gasteiger partial charge >= 0.3 is 0 Å². The second-order valence-corrected chi connectivity index (χ2v) is 5.93. The highest BCUT2D eigenvalue weighted by Gasteiger charge is 2.32. The molecule has 1 aliphatic rings. The molecule has 0 amide bonds. The van der Waals surface area contributed by atoms with Crippen LogP contribution in [0.5, 0.6) is 11.5 Å². The number of rotatable bonds is 4. The van der Waals surface area contributed by atoms with E-state index in [1.807, 2.05) is 32.9 Å². The van der Waals surface area contributed by atoms with Crippen LogP contribution in [0.25, 0.3) is 0 Å². The van der Waals surface area contributed by atoms with Gasteiger partial charge in [-0.1, -0.05) is 13.8 Å². The predicted octanol–water partition coefficient (Wildman–Crippen LogP) is 2.04. The van der Waals surface area contributed by atoms with Crippen molar-refractivity contribution in [1.82, 2.24) is 0 Å². The quantitative estimate of drug-likeness (QED) is 0.874. The summed E-state index contributed by atoms with van der Waals surface area (Å²) in [6.07, 6.45) is 0.370. The molecule has 0 saturated carbocycles. The molecule has 0 aliphatic carbocycles. The second-order valence-electron chi connectivity index (χ2n) is 5.93. The number of methoxy groups -OCH3 is 1. The maximum absolute atomic E-state index is 10.5. The Hall–Kier alpha value is -1.26. The monoisotopic (exact) mass is 265 g/mol. The maximum atomic E-state index is 10.5. The van der Waals surface area contributed by atoms with E-state index in [2.05, 4.69) is 0 Å². The van der Waals surface area contributed by atoms with Gasteiger partial charge in [-0.15, -0.1) is 0 Å². The van der Waals surface area contributed by atoms with Gasteiger partial charge in [0.15, 0.2) is 0 Å². The zero-order chi connectivity index (χ0) is 14.2. The topological polar surface area (TPSA) is 64.7 Å². The van der Waals surface area contributed by atoms with Crippen molar-refractivity contribution in [3.8, 4) is 11.5 Å². The van der Waals surface area contributed by atoms with Gasteiger partial charge in [0.2, 0.25) is 0 Å². The number of hydrogen-bond donors (Lipinski definition) is 2. The summed E-state index contributed by atoms with van der Waals surface area (Å²) in [6, 6.07) is 3.85. The first kappa shape index (κ1) is 14.2. The van der Waals surface area contributed by atoms with Crippen molar-refractivity contribution in [2.45, 2.75) is 39.4 Å². The number of fused-ring (bicyclic) bond motifs is 1. The molecule has 2 unspecified atom stereocenters. The molecule has 4 heteroatoms. The van der Waals surface area contributed by atoms with E-state index in [0.717, 1.165) is 23.3 Å². The van der Waals surface area contributed by atoms with E-state index in [1.165, 1.54) is 0 Å². The summed E-state index contributed by atoms with van der Waals surface area (Å²) in [5.74, 6) is 1.54. The van der Waals surface area contributed by atoms with Crippen molar-refractivity contribution in [2.75, 3.05) is 13.7 Å². The molecule has 2 atom stereocenters. The normalized spacial score (nSPS) is 19.8. The van der Waals surface area contributed by atoms with Crippen molar-refractivity contribution in [2.24, 2.45) is 11.1 Å². The molecule has 1 aromatic rings. The van der Waals surface area contributed by atoms with E-state index in [-0.39, 0.29) is 6.10 Å². The third-order valence-corrected chi connectivity index (χ3v) is 3.81. The molecular weight excluding hydrogens is 242 g/mol. The lowest BCUT2D eigenvalue weighted by atomic mass is 9.82. The minimum atomic E-state index is -0.683. The first-order valence-corrected chi connectivity index (χ1v) is 6.64. The Bertz CT molecular complexity index is 471. The molecule has 0 fully saturated rings. The maximum Gasteiger partial charge on any atom is 0.125 e. The predicted molar refractivity (Wildman–Crippen MR) is 74.6 cm³/mol. The van der Waals surface area contributed by atoms with Crippen LogP contribution in [0.3, 0.4) is 0 Å². The van der Waals surface area contributed by atoms with Crippen molar-refractivity contribution in [1.29, 1.82) is 0 Å². The number of ether oxygens (including phenoxy) is 2. The fraction of sp³-hybridized carbons (Fsp3) is 0.600. The molecule has 2 rings (SSSR count). The van der Waals surface area contributed by atoms with Crippen LogP contribution in [0.2, 0.25) is 0 Å². The molecular formula is C15H23NO3. The standard InChI is InChI=1S/C15H23NO3/c1-9-5-10-6-13(18-4)11(7-12(10)19-9)14(17)15(2,3)8-16/h6-7,9,14,17H,5,8,16H2,1-4H3. The Balaban J connectivity index is 2.43. The van der Waals surface area contributed by atoms with Crippen molar-refractivity contribution in [3.05, 3.63) is 23.3 Å². The summed E-state index contributed by atoms with van der Waals surface area (Å²) >= 11 is 0. The van der Waals surface area contributed by atoms with Crippen LogP contribution >= 0.6 is 0 Å². The van der Waals surface area contributed by atoms with Crippen LogP contribution in [0.1, 0.15) is 38.0 Å². The molecule has 1 aromatic carbocycles. The molecule has 19 heavy (non-hydrogen) atoms. The number of aliphatic hydroxyl groups is 1. The van der Waals surface area contributed by atoms with E-state index < -0.39 is 11.5 Å². The van der Waals surface area contributed by atoms with Gasteiger partial charge in [0.1, 0.15) is 17.6 Å². The van der Waals surface area contributed by atoms with Crippen LogP contribution in [-0.4, -0.2) is 24.9 Å². The molecule has 3 N–H and O–H groups in total. The van der Waals surface area contributed by atoms with Gasteiger partial charge in [0, 0.05) is 29.5 Å². The van der Waals surface area contributed by atoms with Gasteiger partial charge in [-0.25, -0.2) is 0 Å². The SMILES string of the molecule is COc1cc2c(cc1C(O)C(C)(C)CN)OC(C)C2. The van der Waals surface area contributed by atoms with E-state index in [1.54, 1.807) is 7.11 Å². The Morgan fingerprint density at radius 1 is 1.53 bits per heavy atom. The van der Waals surface area contributed by atoms with E-state index in [9.17, 15) is 5.11 Å². The zero-order valence-corrected chi connectivity index (χ0v) is 12.1. The van der Waals surface area contributed by atoms with E-state index >= 15 is 0 Å². The Labute approximate surface area is 114 Å². The Morgan fingerprint density at radius 3 is 2.79 bits per heavy atom. The van der Waals surface area contributed by atoms with Crippen LogP contribution in [-0.2, 0) is 6.42 Å². The lowest BCUT2D eigenvalue weighted by Crippen LogP contribution is -2.31. The fourth-order valence-corrected chi connectivity index (χ4v) is 2.38. The molecule has 1 heterocycles. The summed E-state index contributed by atoms with van der Waals surface area (Å²) in [7, 11) is 1.62. The first-order valence-electron chi connectivity index (χ1n) is 6.64. The second kappa shape index (κ2) is 5.02. The lowest BCUT2D eigenvalue weighted by molar-refractivity contribution is 0.0531. The van der Waals surface area contributed by atoms with E-state index in [0.29, 0.717) is 12.3 Å². The Morgan fingerprint density at radius 2 is 2.21 bits per heavy atom. The highest BCUT2D eigenvalue weighted by Crippen LogP contribution is 2.42. The van der Waals surface area contributed by atoms with Gasteiger partial charge in [-0.3, -0.25) is 0 Å². The first-order chi connectivity index (χ1) is 8.89. The van der Waals surface area contributed by atoms with Crippen LogP contribution < -0.4 is 15.2 Å². The third-order valence-electron chi connectivity index (χ3n) is 3.81. The van der Waals surface area contributed by atoms with Crippen LogP contribution in [0.15, 0.2) is 12.1 Å². The lowest BCUT2D eigenvalue weighted by Gasteiger charge is -2.30. The summed E-state index contributed by atoms with van der Waals surface area (Å²) < 4.78 is 11.2.